The topological polar surface area (TPSA) is 68.3 Å². The van der Waals surface area contributed by atoms with Crippen molar-refractivity contribution in [3.63, 3.8) is 0 Å². The summed E-state index contributed by atoms with van der Waals surface area (Å²) in [6.45, 7) is 1.98. The van der Waals surface area contributed by atoms with Crippen LogP contribution in [0.2, 0.25) is 0 Å². The van der Waals surface area contributed by atoms with Gasteiger partial charge in [-0.1, -0.05) is 6.07 Å². The molecular weight excluding hydrogens is 264 g/mol. The van der Waals surface area contributed by atoms with Gasteiger partial charge in [0.1, 0.15) is 0 Å². The number of halogens is 1. The second-order valence-electron chi connectivity index (χ2n) is 3.54. The second kappa shape index (κ2) is 6.30. The molecule has 1 unspecified atom stereocenters. The molecule has 17 heavy (non-hydrogen) atoms. The Morgan fingerprint density at radius 3 is 2.71 bits per heavy atom. The number of aromatic nitrogens is 1. The molecule has 1 N–H and O–H groups in total. The number of rotatable bonds is 6. The van der Waals surface area contributed by atoms with Gasteiger partial charge in [0.15, 0.2) is 5.03 Å². The highest BCUT2D eigenvalue weighted by atomic mass is 35.5. The maximum Gasteiger partial charge on any atom is 0.258 e. The highest BCUT2D eigenvalue weighted by molar-refractivity contribution is 7.89. The summed E-state index contributed by atoms with van der Waals surface area (Å²) in [4.78, 5) is 3.85. The van der Waals surface area contributed by atoms with Crippen molar-refractivity contribution in [2.45, 2.75) is 23.9 Å². The number of sulfonamides is 1. The predicted molar refractivity (Wildman–Crippen MR) is 65.5 cm³/mol. The lowest BCUT2D eigenvalue weighted by Gasteiger charge is -2.10. The van der Waals surface area contributed by atoms with Gasteiger partial charge in [0.2, 0.25) is 0 Å². The lowest BCUT2D eigenvalue weighted by Crippen LogP contribution is -2.32. The van der Waals surface area contributed by atoms with Gasteiger partial charge in [-0.3, -0.25) is 0 Å². The Hall–Kier alpha value is -0.690. The van der Waals surface area contributed by atoms with E-state index >= 15 is 0 Å². The van der Waals surface area contributed by atoms with E-state index in [2.05, 4.69) is 9.71 Å². The van der Waals surface area contributed by atoms with Crippen LogP contribution in [-0.4, -0.2) is 33.2 Å². The fourth-order valence-electron chi connectivity index (χ4n) is 1.03. The van der Waals surface area contributed by atoms with Crippen LogP contribution in [0.5, 0.6) is 0 Å². The molecule has 0 radical (unpaired) electrons. The Kier molecular flexibility index (Phi) is 5.32. The Balaban J connectivity index is 2.75. The van der Waals surface area contributed by atoms with Crippen molar-refractivity contribution < 1.29 is 13.2 Å². The van der Waals surface area contributed by atoms with Crippen LogP contribution >= 0.6 is 11.6 Å². The Morgan fingerprint density at radius 1 is 1.53 bits per heavy atom. The van der Waals surface area contributed by atoms with Gasteiger partial charge in [0.05, 0.1) is 6.10 Å². The molecule has 0 amide bonds. The van der Waals surface area contributed by atoms with Crippen LogP contribution in [0.1, 0.15) is 12.5 Å². The summed E-state index contributed by atoms with van der Waals surface area (Å²) in [5.74, 6) is 0.307. The van der Waals surface area contributed by atoms with Crippen LogP contribution in [0.3, 0.4) is 0 Å². The van der Waals surface area contributed by atoms with Gasteiger partial charge in [0, 0.05) is 25.7 Å². The first kappa shape index (κ1) is 14.4. The molecule has 0 saturated heterocycles. The van der Waals surface area contributed by atoms with E-state index in [1.54, 1.807) is 13.0 Å². The molecule has 7 heteroatoms. The van der Waals surface area contributed by atoms with E-state index in [0.29, 0.717) is 5.88 Å². The van der Waals surface area contributed by atoms with Crippen molar-refractivity contribution in [2.75, 3.05) is 13.7 Å². The molecule has 1 aromatic heterocycles. The minimum atomic E-state index is -3.57. The summed E-state index contributed by atoms with van der Waals surface area (Å²) in [6, 6.07) is 3.06. The first-order valence-electron chi connectivity index (χ1n) is 5.03. The van der Waals surface area contributed by atoms with Gasteiger partial charge in [-0.25, -0.2) is 18.1 Å². The molecule has 1 heterocycles. The van der Waals surface area contributed by atoms with Crippen LogP contribution < -0.4 is 4.72 Å². The number of nitrogens with one attached hydrogen (secondary N) is 1. The van der Waals surface area contributed by atoms with Crippen LogP contribution in [0.15, 0.2) is 23.4 Å². The quantitative estimate of drug-likeness (QED) is 0.792. The Labute approximate surface area is 106 Å². The fraction of sp³-hybridized carbons (Fsp3) is 0.500. The molecule has 0 aromatic carbocycles. The summed E-state index contributed by atoms with van der Waals surface area (Å²) < 4.78 is 30.9. The Morgan fingerprint density at radius 2 is 2.24 bits per heavy atom. The molecule has 1 atom stereocenters. The number of alkyl halides is 1. The third kappa shape index (κ3) is 4.23. The van der Waals surface area contributed by atoms with Crippen molar-refractivity contribution in [1.29, 1.82) is 0 Å². The molecule has 1 rings (SSSR count). The minimum Gasteiger partial charge on any atom is -0.380 e. The molecule has 96 valence electrons. The third-order valence-corrected chi connectivity index (χ3v) is 3.84. The van der Waals surface area contributed by atoms with Crippen molar-refractivity contribution >= 4 is 21.6 Å². The van der Waals surface area contributed by atoms with E-state index in [1.807, 2.05) is 0 Å². The molecule has 0 aliphatic carbocycles. The average molecular weight is 279 g/mol. The van der Waals surface area contributed by atoms with Gasteiger partial charge >= 0.3 is 0 Å². The number of hydrogen-bond acceptors (Lipinski definition) is 4. The lowest BCUT2D eigenvalue weighted by molar-refractivity contribution is 0.122. The summed E-state index contributed by atoms with van der Waals surface area (Å²) in [6.07, 6.45) is 1.26. The van der Waals surface area contributed by atoms with Crippen molar-refractivity contribution in [2.24, 2.45) is 0 Å². The molecule has 0 bridgehead atoms. The van der Waals surface area contributed by atoms with Crippen LogP contribution in [0.4, 0.5) is 0 Å². The smallest absolute Gasteiger partial charge is 0.258 e. The van der Waals surface area contributed by atoms with E-state index in [-0.39, 0.29) is 17.7 Å². The summed E-state index contributed by atoms with van der Waals surface area (Å²) in [5, 5.41) is -0.0188. The van der Waals surface area contributed by atoms with E-state index in [9.17, 15) is 8.42 Å². The predicted octanol–water partition coefficient (Wildman–Crippen LogP) is 1.13. The number of methoxy groups -OCH3 is 1. The minimum absolute atomic E-state index is 0.0188. The van der Waals surface area contributed by atoms with Gasteiger partial charge in [0.25, 0.3) is 10.0 Å². The highest BCUT2D eigenvalue weighted by Gasteiger charge is 2.16. The number of nitrogens with zero attached hydrogens (tertiary/aromatic N) is 1. The summed E-state index contributed by atoms with van der Waals surface area (Å²) >= 11 is 5.59. The zero-order chi connectivity index (χ0) is 12.9. The van der Waals surface area contributed by atoms with Gasteiger partial charge in [-0.05, 0) is 18.6 Å². The largest absolute Gasteiger partial charge is 0.380 e. The van der Waals surface area contributed by atoms with Crippen LogP contribution in [-0.2, 0) is 20.6 Å². The lowest BCUT2D eigenvalue weighted by atomic mass is 10.3. The van der Waals surface area contributed by atoms with Gasteiger partial charge in [-0.15, -0.1) is 11.6 Å². The first-order chi connectivity index (χ1) is 7.99. The van der Waals surface area contributed by atoms with Gasteiger partial charge < -0.3 is 4.74 Å². The molecule has 0 saturated carbocycles. The molecule has 0 fully saturated rings. The highest BCUT2D eigenvalue weighted by Crippen LogP contribution is 2.08. The average Bonchev–Trinajstić information content (AvgIpc) is 2.36. The second-order valence-corrected chi connectivity index (χ2v) is 5.52. The van der Waals surface area contributed by atoms with E-state index in [0.717, 1.165) is 5.56 Å². The van der Waals surface area contributed by atoms with Crippen LogP contribution in [0.25, 0.3) is 0 Å². The first-order valence-corrected chi connectivity index (χ1v) is 7.04. The Bertz CT molecular complexity index is 447. The molecule has 0 spiro atoms. The fourth-order valence-corrected chi connectivity index (χ4v) is 2.23. The van der Waals surface area contributed by atoms with Crippen molar-refractivity contribution in [1.82, 2.24) is 9.71 Å². The normalized spacial score (nSPS) is 13.6. The molecular formula is C10H15ClN2O3S. The monoisotopic (exact) mass is 278 g/mol. The SMILES string of the molecule is COC(C)CNS(=O)(=O)c1ccc(CCl)cn1. The van der Waals surface area contributed by atoms with Gasteiger partial charge in [-0.2, -0.15) is 0 Å². The maximum atomic E-state index is 11.8. The standard InChI is InChI=1S/C10H15ClN2O3S/c1-8(16-2)6-13-17(14,15)10-4-3-9(5-11)7-12-10/h3-4,7-8,13H,5-6H2,1-2H3. The molecule has 5 nitrogen and oxygen atoms in total. The molecule has 1 aromatic rings. The molecule has 0 aliphatic heterocycles. The van der Waals surface area contributed by atoms with Crippen molar-refractivity contribution in [3.05, 3.63) is 23.9 Å². The molecule has 0 aliphatic rings. The number of pyridine rings is 1. The van der Waals surface area contributed by atoms with E-state index in [4.69, 9.17) is 16.3 Å². The summed E-state index contributed by atoms with van der Waals surface area (Å²) in [5.41, 5.74) is 0.774. The third-order valence-electron chi connectivity index (χ3n) is 2.19. The van der Waals surface area contributed by atoms with Crippen LogP contribution in [0, 0.1) is 0 Å². The number of hydrogen-bond donors (Lipinski definition) is 1. The van der Waals surface area contributed by atoms with E-state index in [1.165, 1.54) is 19.4 Å². The van der Waals surface area contributed by atoms with E-state index < -0.39 is 10.0 Å². The zero-order valence-electron chi connectivity index (χ0n) is 9.68. The summed E-state index contributed by atoms with van der Waals surface area (Å²) in [7, 11) is -2.05. The van der Waals surface area contributed by atoms with Crippen molar-refractivity contribution in [3.8, 4) is 0 Å². The zero-order valence-corrected chi connectivity index (χ0v) is 11.3. The maximum absolute atomic E-state index is 11.8. The number of ether oxygens (including phenoxy) is 1.